The largest absolute Gasteiger partial charge is 0.390 e. The van der Waals surface area contributed by atoms with E-state index in [9.17, 15) is 0 Å². The molecule has 1 N–H and O–H groups in total. The molecule has 4 nitrogen and oxygen atoms in total. The van der Waals surface area contributed by atoms with Gasteiger partial charge in [-0.25, -0.2) is 0 Å². The predicted octanol–water partition coefficient (Wildman–Crippen LogP) is 1.37. The van der Waals surface area contributed by atoms with Crippen LogP contribution in [-0.2, 0) is 6.61 Å². The van der Waals surface area contributed by atoms with Crippen molar-refractivity contribution in [3.63, 3.8) is 0 Å². The Morgan fingerprint density at radius 3 is 2.80 bits per heavy atom. The number of unbranched alkanes of at least 4 members (excludes halogenated alkanes) is 1. The summed E-state index contributed by atoms with van der Waals surface area (Å²) in [5.74, 6) is 0.830. The molecule has 0 aliphatic rings. The smallest absolute Gasteiger partial charge is 0.150 e. The summed E-state index contributed by atoms with van der Waals surface area (Å²) in [6, 6.07) is 3.65. The first-order valence-electron chi connectivity index (χ1n) is 5.03. The van der Waals surface area contributed by atoms with E-state index in [1.54, 1.807) is 6.07 Å². The Hall–Kier alpha value is -1.42. The van der Waals surface area contributed by atoms with Crippen LogP contribution in [0.25, 0.3) is 0 Å². The van der Waals surface area contributed by atoms with Gasteiger partial charge in [-0.2, -0.15) is 5.10 Å². The monoisotopic (exact) mass is 207 g/mol. The lowest BCUT2D eigenvalue weighted by molar-refractivity contribution is 0.275. The van der Waals surface area contributed by atoms with E-state index < -0.39 is 0 Å². The molecule has 0 bridgehead atoms. The molecule has 0 spiro atoms. The van der Waals surface area contributed by atoms with Gasteiger partial charge in [-0.15, -0.1) is 11.7 Å². The number of nitrogens with zero attached hydrogens (tertiary/aromatic N) is 3. The number of hydrogen-bond donors (Lipinski definition) is 1. The zero-order valence-corrected chi connectivity index (χ0v) is 9.06. The summed E-state index contributed by atoms with van der Waals surface area (Å²) in [5, 5.41) is 16.7. The van der Waals surface area contributed by atoms with Gasteiger partial charge in [-0.05, 0) is 25.0 Å². The minimum absolute atomic E-state index is 0.0620. The van der Waals surface area contributed by atoms with Gasteiger partial charge in [-0.3, -0.25) is 0 Å². The Balaban J connectivity index is 2.50. The molecule has 0 aliphatic heterocycles. The van der Waals surface area contributed by atoms with Gasteiger partial charge in [0.2, 0.25) is 0 Å². The van der Waals surface area contributed by atoms with Crippen LogP contribution in [0, 0.1) is 0 Å². The third kappa shape index (κ3) is 3.67. The van der Waals surface area contributed by atoms with Crippen LogP contribution >= 0.6 is 0 Å². The molecule has 0 atom stereocenters. The third-order valence-electron chi connectivity index (χ3n) is 2.16. The molecule has 0 fully saturated rings. The maximum Gasteiger partial charge on any atom is 0.150 e. The number of aliphatic hydroxyl groups is 1. The Morgan fingerprint density at radius 2 is 2.27 bits per heavy atom. The molecule has 0 saturated carbocycles. The molecule has 0 radical (unpaired) electrons. The first-order valence-corrected chi connectivity index (χ1v) is 5.03. The Labute approximate surface area is 90.3 Å². The molecular weight excluding hydrogens is 190 g/mol. The van der Waals surface area contributed by atoms with E-state index in [-0.39, 0.29) is 6.61 Å². The molecule has 1 aromatic rings. The summed E-state index contributed by atoms with van der Waals surface area (Å²) in [6.07, 6.45) is 3.98. The highest BCUT2D eigenvalue weighted by Gasteiger charge is 2.02. The molecule has 15 heavy (non-hydrogen) atoms. The van der Waals surface area contributed by atoms with Crippen molar-refractivity contribution in [2.24, 2.45) is 0 Å². The molecule has 4 heteroatoms. The number of anilines is 1. The SMILES string of the molecule is C=CCCCN(C)c1ccc(CO)nn1. The lowest BCUT2D eigenvalue weighted by atomic mass is 10.3. The fourth-order valence-electron chi connectivity index (χ4n) is 1.23. The summed E-state index contributed by atoms with van der Waals surface area (Å²) in [4.78, 5) is 2.04. The second-order valence-electron chi connectivity index (χ2n) is 3.39. The number of aliphatic hydroxyl groups excluding tert-OH is 1. The summed E-state index contributed by atoms with van der Waals surface area (Å²) in [7, 11) is 1.98. The molecule has 0 saturated heterocycles. The maximum absolute atomic E-state index is 8.81. The summed E-state index contributed by atoms with van der Waals surface area (Å²) < 4.78 is 0. The first kappa shape index (κ1) is 11.7. The average Bonchev–Trinajstić information content (AvgIpc) is 2.29. The van der Waals surface area contributed by atoms with E-state index in [0.717, 1.165) is 25.2 Å². The lowest BCUT2D eigenvalue weighted by Crippen LogP contribution is -2.20. The molecule has 1 rings (SSSR count). The molecule has 0 aliphatic carbocycles. The second kappa shape index (κ2) is 6.14. The van der Waals surface area contributed by atoms with Crippen LogP contribution in [-0.4, -0.2) is 28.9 Å². The van der Waals surface area contributed by atoms with Gasteiger partial charge >= 0.3 is 0 Å². The van der Waals surface area contributed by atoms with Crippen LogP contribution in [0.1, 0.15) is 18.5 Å². The van der Waals surface area contributed by atoms with Crippen molar-refractivity contribution >= 4 is 5.82 Å². The minimum atomic E-state index is -0.0620. The lowest BCUT2D eigenvalue weighted by Gasteiger charge is -2.16. The van der Waals surface area contributed by atoms with E-state index in [2.05, 4.69) is 16.8 Å². The minimum Gasteiger partial charge on any atom is -0.390 e. The Kier molecular flexibility index (Phi) is 4.77. The molecule has 0 unspecified atom stereocenters. The quantitative estimate of drug-likeness (QED) is 0.565. The molecule has 0 aromatic carbocycles. The number of hydrogen-bond acceptors (Lipinski definition) is 4. The molecule has 0 amide bonds. The van der Waals surface area contributed by atoms with Crippen molar-refractivity contribution in [2.75, 3.05) is 18.5 Å². The fraction of sp³-hybridized carbons (Fsp3) is 0.455. The fourth-order valence-corrected chi connectivity index (χ4v) is 1.23. The van der Waals surface area contributed by atoms with Crippen LogP contribution in [0.4, 0.5) is 5.82 Å². The summed E-state index contributed by atoms with van der Waals surface area (Å²) in [5.41, 5.74) is 0.596. The molecular formula is C11H17N3O. The van der Waals surface area contributed by atoms with Gasteiger partial charge in [0.25, 0.3) is 0 Å². The second-order valence-corrected chi connectivity index (χ2v) is 3.39. The first-order chi connectivity index (χ1) is 7.27. The van der Waals surface area contributed by atoms with Gasteiger partial charge in [0.1, 0.15) is 0 Å². The number of allylic oxidation sites excluding steroid dienone is 1. The molecule has 1 aromatic heterocycles. The standard InChI is InChI=1S/C11H17N3O/c1-3-4-5-8-14(2)11-7-6-10(9-15)12-13-11/h3,6-7,15H,1,4-5,8-9H2,2H3. The number of aromatic nitrogens is 2. The van der Waals surface area contributed by atoms with Crippen molar-refractivity contribution in [1.82, 2.24) is 10.2 Å². The van der Waals surface area contributed by atoms with Crippen molar-refractivity contribution in [1.29, 1.82) is 0 Å². The highest BCUT2D eigenvalue weighted by atomic mass is 16.3. The van der Waals surface area contributed by atoms with E-state index >= 15 is 0 Å². The zero-order chi connectivity index (χ0) is 11.1. The Bertz CT molecular complexity index is 297. The van der Waals surface area contributed by atoms with Crippen molar-refractivity contribution in [3.05, 3.63) is 30.5 Å². The van der Waals surface area contributed by atoms with E-state index in [1.165, 1.54) is 0 Å². The van der Waals surface area contributed by atoms with E-state index in [4.69, 9.17) is 5.11 Å². The van der Waals surface area contributed by atoms with Crippen LogP contribution in [0.3, 0.4) is 0 Å². The van der Waals surface area contributed by atoms with Crippen molar-refractivity contribution in [3.8, 4) is 0 Å². The van der Waals surface area contributed by atoms with Crippen LogP contribution in [0.5, 0.6) is 0 Å². The molecule has 1 heterocycles. The van der Waals surface area contributed by atoms with Gasteiger partial charge in [0.05, 0.1) is 12.3 Å². The predicted molar refractivity (Wildman–Crippen MR) is 60.7 cm³/mol. The third-order valence-corrected chi connectivity index (χ3v) is 2.16. The van der Waals surface area contributed by atoms with Gasteiger partial charge in [0, 0.05) is 13.6 Å². The summed E-state index contributed by atoms with van der Waals surface area (Å²) >= 11 is 0. The zero-order valence-electron chi connectivity index (χ0n) is 9.06. The highest BCUT2D eigenvalue weighted by Crippen LogP contribution is 2.08. The van der Waals surface area contributed by atoms with E-state index in [0.29, 0.717) is 5.69 Å². The van der Waals surface area contributed by atoms with Crippen molar-refractivity contribution in [2.45, 2.75) is 19.4 Å². The van der Waals surface area contributed by atoms with Gasteiger partial charge in [0.15, 0.2) is 5.82 Å². The molecule has 82 valence electrons. The van der Waals surface area contributed by atoms with Crippen LogP contribution in [0.15, 0.2) is 24.8 Å². The Morgan fingerprint density at radius 1 is 1.47 bits per heavy atom. The maximum atomic E-state index is 8.81. The average molecular weight is 207 g/mol. The van der Waals surface area contributed by atoms with Crippen LogP contribution < -0.4 is 4.90 Å². The van der Waals surface area contributed by atoms with Crippen LogP contribution in [0.2, 0.25) is 0 Å². The van der Waals surface area contributed by atoms with Gasteiger partial charge < -0.3 is 10.0 Å². The highest BCUT2D eigenvalue weighted by molar-refractivity contribution is 5.35. The summed E-state index contributed by atoms with van der Waals surface area (Å²) in [6.45, 7) is 4.55. The topological polar surface area (TPSA) is 49.2 Å². The van der Waals surface area contributed by atoms with Gasteiger partial charge in [-0.1, -0.05) is 6.08 Å². The van der Waals surface area contributed by atoms with Crippen molar-refractivity contribution < 1.29 is 5.11 Å². The normalized spacial score (nSPS) is 10.0. The van der Waals surface area contributed by atoms with E-state index in [1.807, 2.05) is 24.1 Å². The number of rotatable bonds is 6.